The molecular formula is C23H18ClNO2. The first kappa shape index (κ1) is 15.6. The molecule has 5 unspecified atom stereocenters. The van der Waals surface area contributed by atoms with Crippen molar-refractivity contribution in [2.45, 2.75) is 12.3 Å². The minimum atomic E-state index is -0.238. The Morgan fingerprint density at radius 2 is 1.44 bits per heavy atom. The van der Waals surface area contributed by atoms with Crippen molar-refractivity contribution in [1.29, 1.82) is 0 Å². The molecule has 5 atom stereocenters. The van der Waals surface area contributed by atoms with Crippen molar-refractivity contribution in [3.05, 3.63) is 77.3 Å². The van der Waals surface area contributed by atoms with Crippen molar-refractivity contribution >= 4 is 29.1 Å². The summed E-state index contributed by atoms with van der Waals surface area (Å²) in [6, 6.07) is 17.6. The lowest BCUT2D eigenvalue weighted by Gasteiger charge is -2.23. The van der Waals surface area contributed by atoms with Crippen LogP contribution in [0.4, 0.5) is 5.69 Å². The van der Waals surface area contributed by atoms with Gasteiger partial charge < -0.3 is 0 Å². The maximum Gasteiger partial charge on any atom is 0.238 e. The van der Waals surface area contributed by atoms with Crippen molar-refractivity contribution in [3.63, 3.8) is 0 Å². The van der Waals surface area contributed by atoms with Gasteiger partial charge in [-0.15, -0.1) is 0 Å². The zero-order valence-electron chi connectivity index (χ0n) is 14.6. The average Bonchev–Trinajstić information content (AvgIpc) is 3.17. The van der Waals surface area contributed by atoms with E-state index in [-0.39, 0.29) is 40.9 Å². The first-order chi connectivity index (χ1) is 13.1. The molecule has 3 fully saturated rings. The predicted octanol–water partition coefficient (Wildman–Crippen LogP) is 4.44. The average molecular weight is 376 g/mol. The quantitative estimate of drug-likeness (QED) is 0.575. The second-order valence-electron chi connectivity index (χ2n) is 8.23. The Bertz CT molecular complexity index is 982. The van der Waals surface area contributed by atoms with Crippen LogP contribution in [0.5, 0.6) is 0 Å². The number of fused-ring (bicyclic) bond motifs is 3. The lowest BCUT2D eigenvalue weighted by Crippen LogP contribution is -2.35. The number of carbonyl (C=O) groups is 2. The van der Waals surface area contributed by atoms with Crippen molar-refractivity contribution < 1.29 is 9.59 Å². The zero-order chi connectivity index (χ0) is 18.3. The van der Waals surface area contributed by atoms with Gasteiger partial charge in [0.1, 0.15) is 0 Å². The van der Waals surface area contributed by atoms with Gasteiger partial charge in [0.05, 0.1) is 22.5 Å². The molecule has 0 aromatic heterocycles. The summed E-state index contributed by atoms with van der Waals surface area (Å²) in [6.45, 7) is 0. The van der Waals surface area contributed by atoms with E-state index >= 15 is 0 Å². The summed E-state index contributed by atoms with van der Waals surface area (Å²) >= 11 is 6.29. The largest absolute Gasteiger partial charge is 0.274 e. The molecule has 2 bridgehead atoms. The number of hydrogen-bond donors (Lipinski definition) is 0. The fraction of sp³-hybridized carbons (Fsp3) is 0.304. The van der Waals surface area contributed by atoms with Crippen LogP contribution in [0.1, 0.15) is 17.9 Å². The molecule has 2 saturated carbocycles. The molecule has 27 heavy (non-hydrogen) atoms. The topological polar surface area (TPSA) is 37.4 Å². The van der Waals surface area contributed by atoms with Crippen LogP contribution < -0.4 is 4.90 Å². The van der Waals surface area contributed by atoms with E-state index in [9.17, 15) is 9.59 Å². The predicted molar refractivity (Wildman–Crippen MR) is 103 cm³/mol. The van der Waals surface area contributed by atoms with Gasteiger partial charge in [0.2, 0.25) is 11.8 Å². The number of amides is 2. The molecule has 4 heteroatoms. The molecule has 0 radical (unpaired) electrons. The summed E-state index contributed by atoms with van der Waals surface area (Å²) in [5, 5.41) is 0.447. The van der Waals surface area contributed by atoms with E-state index in [1.54, 1.807) is 12.1 Å². The monoisotopic (exact) mass is 375 g/mol. The standard InChI is InChI=1S/C23H18ClNO2/c24-17-8-4-5-9-18(17)25-21(26)19-14-10-11-15(20(19)22(25)27)23(14)12-16(23)13-6-2-1-3-7-13/h1-11,14-16,19-20H,12H2. The van der Waals surface area contributed by atoms with Gasteiger partial charge in [-0.2, -0.15) is 0 Å². The molecule has 1 spiro atoms. The van der Waals surface area contributed by atoms with E-state index in [0.29, 0.717) is 16.6 Å². The summed E-state index contributed by atoms with van der Waals surface area (Å²) < 4.78 is 0. The smallest absolute Gasteiger partial charge is 0.238 e. The van der Waals surface area contributed by atoms with Gasteiger partial charge in [0.15, 0.2) is 0 Å². The number of imide groups is 1. The summed E-state index contributed by atoms with van der Waals surface area (Å²) in [6.07, 6.45) is 5.48. The normalized spacial score (nSPS) is 38.1. The third-order valence-electron chi connectivity index (χ3n) is 7.28. The van der Waals surface area contributed by atoms with Crippen molar-refractivity contribution in [2.75, 3.05) is 4.90 Å². The summed E-state index contributed by atoms with van der Waals surface area (Å²) in [7, 11) is 0. The lowest BCUT2D eigenvalue weighted by atomic mass is 9.85. The molecule has 6 rings (SSSR count). The van der Waals surface area contributed by atoms with Gasteiger partial charge in [-0.25, -0.2) is 4.90 Å². The van der Waals surface area contributed by atoms with E-state index in [4.69, 9.17) is 11.6 Å². The van der Waals surface area contributed by atoms with Crippen molar-refractivity contribution in [1.82, 2.24) is 0 Å². The molecule has 4 aliphatic rings. The van der Waals surface area contributed by atoms with E-state index in [2.05, 4.69) is 36.4 Å². The molecule has 1 aliphatic heterocycles. The highest BCUT2D eigenvalue weighted by atomic mass is 35.5. The Kier molecular flexibility index (Phi) is 2.96. The SMILES string of the molecule is O=C1C2C(C(=O)N1c1ccccc1Cl)C1C=CC2C12CC2c1ccccc1. The summed E-state index contributed by atoms with van der Waals surface area (Å²) in [5.74, 6) is 0.128. The Hall–Kier alpha value is -2.39. The van der Waals surface area contributed by atoms with Crippen LogP contribution in [0.2, 0.25) is 5.02 Å². The number of nitrogens with zero attached hydrogens (tertiary/aromatic N) is 1. The van der Waals surface area contributed by atoms with Gasteiger partial charge in [0.25, 0.3) is 0 Å². The van der Waals surface area contributed by atoms with Crippen LogP contribution in [0, 0.1) is 29.1 Å². The Morgan fingerprint density at radius 1 is 0.852 bits per heavy atom. The van der Waals surface area contributed by atoms with Gasteiger partial charge in [-0.05, 0) is 47.3 Å². The number of hydrogen-bond acceptors (Lipinski definition) is 2. The first-order valence-corrected chi connectivity index (χ1v) is 9.88. The van der Waals surface area contributed by atoms with Gasteiger partial charge in [0, 0.05) is 0 Å². The highest BCUT2D eigenvalue weighted by Crippen LogP contribution is 2.79. The number of para-hydroxylation sites is 1. The maximum absolute atomic E-state index is 13.3. The molecule has 3 aliphatic carbocycles. The van der Waals surface area contributed by atoms with Gasteiger partial charge >= 0.3 is 0 Å². The van der Waals surface area contributed by atoms with Crippen LogP contribution in [-0.2, 0) is 9.59 Å². The number of anilines is 1. The van der Waals surface area contributed by atoms with E-state index < -0.39 is 0 Å². The third kappa shape index (κ3) is 1.78. The second kappa shape index (κ2) is 5.11. The van der Waals surface area contributed by atoms with Gasteiger partial charge in [-0.1, -0.05) is 66.2 Å². The zero-order valence-corrected chi connectivity index (χ0v) is 15.3. The Morgan fingerprint density at radius 3 is 2.07 bits per heavy atom. The highest BCUT2D eigenvalue weighted by Gasteiger charge is 2.77. The van der Waals surface area contributed by atoms with Crippen LogP contribution in [-0.4, -0.2) is 11.8 Å². The molecule has 2 aromatic carbocycles. The van der Waals surface area contributed by atoms with Crippen molar-refractivity contribution in [2.24, 2.45) is 29.1 Å². The molecule has 2 aromatic rings. The van der Waals surface area contributed by atoms with Gasteiger partial charge in [-0.3, -0.25) is 9.59 Å². The Labute approximate surface area is 162 Å². The van der Waals surface area contributed by atoms with E-state index in [0.717, 1.165) is 6.42 Å². The molecule has 3 nitrogen and oxygen atoms in total. The highest BCUT2D eigenvalue weighted by molar-refractivity contribution is 6.36. The minimum absolute atomic E-state index is 0.0641. The lowest BCUT2D eigenvalue weighted by molar-refractivity contribution is -0.123. The van der Waals surface area contributed by atoms with Crippen LogP contribution in [0.25, 0.3) is 0 Å². The summed E-state index contributed by atoms with van der Waals surface area (Å²) in [4.78, 5) is 28.0. The minimum Gasteiger partial charge on any atom is -0.274 e. The molecule has 0 N–H and O–H groups in total. The van der Waals surface area contributed by atoms with Crippen LogP contribution >= 0.6 is 11.6 Å². The maximum atomic E-state index is 13.3. The number of carbonyl (C=O) groups excluding carboxylic acids is 2. The van der Waals surface area contributed by atoms with E-state index in [1.807, 2.05) is 18.2 Å². The number of benzene rings is 2. The van der Waals surface area contributed by atoms with Crippen LogP contribution in [0.3, 0.4) is 0 Å². The second-order valence-corrected chi connectivity index (χ2v) is 8.64. The molecule has 1 heterocycles. The molecule has 2 amide bonds. The number of allylic oxidation sites excluding steroid dienone is 2. The summed E-state index contributed by atoms with van der Waals surface area (Å²) in [5.41, 5.74) is 1.92. The van der Waals surface area contributed by atoms with E-state index in [1.165, 1.54) is 10.5 Å². The van der Waals surface area contributed by atoms with Crippen molar-refractivity contribution in [3.8, 4) is 0 Å². The fourth-order valence-electron chi connectivity index (χ4n) is 6.21. The molecular weight excluding hydrogens is 358 g/mol. The molecule has 134 valence electrons. The third-order valence-corrected chi connectivity index (χ3v) is 7.60. The Balaban J connectivity index is 1.39. The fourth-order valence-corrected chi connectivity index (χ4v) is 6.43. The number of halogens is 1. The van der Waals surface area contributed by atoms with Crippen LogP contribution in [0.15, 0.2) is 66.7 Å². The molecule has 1 saturated heterocycles. The first-order valence-electron chi connectivity index (χ1n) is 9.50. The number of rotatable bonds is 2.